The SMILES string of the molecule is O=C(NC1CCCC1)C(=O)[C@H](C[C@@H]1CCNC1=O)NC(=O)[C@@H]1CC(c2cccnc2)CN1C(=O)C(NC(=O)C1CCCCC1)C1CCCC1. The Morgan fingerprint density at radius 2 is 1.59 bits per heavy atom. The van der Waals surface area contributed by atoms with E-state index >= 15 is 0 Å². The van der Waals surface area contributed by atoms with Crippen molar-refractivity contribution in [1.29, 1.82) is 0 Å². The highest BCUT2D eigenvalue weighted by Crippen LogP contribution is 2.36. The number of nitrogens with zero attached hydrogens (tertiary/aromatic N) is 2. The van der Waals surface area contributed by atoms with E-state index in [0.29, 0.717) is 19.4 Å². The first kappa shape index (κ1) is 35.0. The molecular formula is C37H52N6O6. The van der Waals surface area contributed by atoms with Gasteiger partial charge in [-0.2, -0.15) is 0 Å². The molecule has 12 nitrogen and oxygen atoms in total. The summed E-state index contributed by atoms with van der Waals surface area (Å²) in [5.41, 5.74) is 0.894. The molecule has 2 aliphatic heterocycles. The van der Waals surface area contributed by atoms with Gasteiger partial charge in [0.25, 0.3) is 5.91 Å². The molecule has 1 aromatic rings. The number of likely N-dealkylation sites (tertiary alicyclic amines) is 1. The first-order valence-electron chi connectivity index (χ1n) is 18.7. The average molecular weight is 677 g/mol. The van der Waals surface area contributed by atoms with Crippen molar-refractivity contribution in [3.63, 3.8) is 0 Å². The van der Waals surface area contributed by atoms with Crippen molar-refractivity contribution in [2.75, 3.05) is 13.1 Å². The maximum absolute atomic E-state index is 14.6. The second kappa shape index (κ2) is 16.3. The van der Waals surface area contributed by atoms with E-state index in [1.807, 2.05) is 12.1 Å². The van der Waals surface area contributed by atoms with Crippen LogP contribution >= 0.6 is 0 Å². The quantitative estimate of drug-likeness (QED) is 0.247. The zero-order valence-electron chi connectivity index (χ0n) is 28.5. The van der Waals surface area contributed by atoms with E-state index in [9.17, 15) is 28.8 Å². The van der Waals surface area contributed by atoms with Crippen molar-refractivity contribution in [2.45, 2.75) is 133 Å². The third-order valence-electron chi connectivity index (χ3n) is 11.7. The summed E-state index contributed by atoms with van der Waals surface area (Å²) in [5, 5.41) is 11.6. The van der Waals surface area contributed by atoms with E-state index in [4.69, 9.17) is 0 Å². The molecule has 5 amide bonds. The number of carbonyl (C=O) groups excluding carboxylic acids is 6. The Hall–Kier alpha value is -3.83. The molecule has 2 unspecified atom stereocenters. The van der Waals surface area contributed by atoms with Gasteiger partial charge in [-0.25, -0.2) is 0 Å². The summed E-state index contributed by atoms with van der Waals surface area (Å²) in [7, 11) is 0. The molecule has 5 atom stereocenters. The van der Waals surface area contributed by atoms with Crippen LogP contribution in [-0.4, -0.2) is 82.5 Å². The molecule has 2 saturated heterocycles. The Bertz CT molecular complexity index is 1370. The molecule has 49 heavy (non-hydrogen) atoms. The fourth-order valence-corrected chi connectivity index (χ4v) is 8.81. The van der Waals surface area contributed by atoms with Crippen LogP contribution in [0, 0.1) is 17.8 Å². The molecule has 3 saturated carbocycles. The molecule has 5 aliphatic rings. The van der Waals surface area contributed by atoms with Crippen LogP contribution in [0.25, 0.3) is 0 Å². The van der Waals surface area contributed by atoms with Gasteiger partial charge < -0.3 is 26.2 Å². The molecule has 0 spiro atoms. The number of hydrogen-bond donors (Lipinski definition) is 4. The van der Waals surface area contributed by atoms with E-state index < -0.39 is 41.6 Å². The highest BCUT2D eigenvalue weighted by molar-refractivity contribution is 6.38. The summed E-state index contributed by atoms with van der Waals surface area (Å²) in [6, 6.07) is 0.787. The molecule has 0 aromatic carbocycles. The number of rotatable bonds is 12. The van der Waals surface area contributed by atoms with E-state index in [2.05, 4.69) is 26.3 Å². The van der Waals surface area contributed by atoms with Gasteiger partial charge >= 0.3 is 0 Å². The molecule has 6 rings (SSSR count). The zero-order chi connectivity index (χ0) is 34.3. The van der Waals surface area contributed by atoms with Gasteiger partial charge in [0.1, 0.15) is 12.1 Å². The Balaban J connectivity index is 1.24. The van der Waals surface area contributed by atoms with Gasteiger partial charge in [-0.05, 0) is 75.3 Å². The third kappa shape index (κ3) is 8.49. The van der Waals surface area contributed by atoms with Crippen molar-refractivity contribution < 1.29 is 28.8 Å². The molecule has 5 fully saturated rings. The molecule has 0 bridgehead atoms. The summed E-state index contributed by atoms with van der Waals surface area (Å²) in [5.74, 6) is -3.45. The number of amides is 5. The summed E-state index contributed by atoms with van der Waals surface area (Å²) < 4.78 is 0. The fourth-order valence-electron chi connectivity index (χ4n) is 8.81. The number of carbonyl (C=O) groups is 6. The number of hydrogen-bond acceptors (Lipinski definition) is 7. The van der Waals surface area contributed by atoms with Crippen LogP contribution in [0.1, 0.15) is 114 Å². The zero-order valence-corrected chi connectivity index (χ0v) is 28.5. The lowest BCUT2D eigenvalue weighted by atomic mass is 9.87. The predicted octanol–water partition coefficient (Wildman–Crippen LogP) is 2.66. The Morgan fingerprint density at radius 3 is 2.27 bits per heavy atom. The van der Waals surface area contributed by atoms with Gasteiger partial charge in [0, 0.05) is 49.3 Å². The summed E-state index contributed by atoms with van der Waals surface area (Å²) in [4.78, 5) is 87.6. The first-order chi connectivity index (χ1) is 23.8. The normalized spacial score (nSPS) is 26.2. The number of Topliss-reactive ketones (excluding diaryl/α,β-unsaturated/α-hetero) is 1. The van der Waals surface area contributed by atoms with Crippen LogP contribution in [0.2, 0.25) is 0 Å². The second-order valence-electron chi connectivity index (χ2n) is 15.0. The van der Waals surface area contributed by atoms with Crippen LogP contribution < -0.4 is 21.3 Å². The number of ketones is 1. The topological polar surface area (TPSA) is 167 Å². The summed E-state index contributed by atoms with van der Waals surface area (Å²) >= 11 is 0. The van der Waals surface area contributed by atoms with Crippen LogP contribution in [0.5, 0.6) is 0 Å². The molecule has 3 aliphatic carbocycles. The van der Waals surface area contributed by atoms with Crippen LogP contribution in [0.4, 0.5) is 0 Å². The largest absolute Gasteiger partial charge is 0.356 e. The van der Waals surface area contributed by atoms with Crippen molar-refractivity contribution in [3.05, 3.63) is 30.1 Å². The van der Waals surface area contributed by atoms with Crippen LogP contribution in [-0.2, 0) is 28.8 Å². The van der Waals surface area contributed by atoms with Crippen molar-refractivity contribution in [2.24, 2.45) is 17.8 Å². The Labute approximate surface area is 288 Å². The van der Waals surface area contributed by atoms with E-state index in [0.717, 1.165) is 89.0 Å². The van der Waals surface area contributed by atoms with Gasteiger partial charge in [-0.1, -0.05) is 51.0 Å². The third-order valence-corrected chi connectivity index (χ3v) is 11.7. The monoisotopic (exact) mass is 676 g/mol. The van der Waals surface area contributed by atoms with Crippen molar-refractivity contribution >= 4 is 35.3 Å². The number of pyridine rings is 1. The van der Waals surface area contributed by atoms with Gasteiger partial charge in [0.2, 0.25) is 29.4 Å². The standard InChI is InChI=1S/C37H52N6O6/c44-32(36(48)40-28-14-6-7-15-28)29(19-25-16-18-39-33(25)45)41-35(47)30-20-27(26-13-8-17-38-21-26)22-43(30)37(49)31(23-9-4-5-10-23)42-34(46)24-11-2-1-3-12-24/h8,13,17,21,23-25,27-31H,1-7,9-12,14-16,18-20,22H2,(H,39,45)(H,40,48)(H,41,47)(H,42,46)/t25-,27?,29-,30-,31?/m0/s1. The smallest absolute Gasteiger partial charge is 0.289 e. The number of aromatic nitrogens is 1. The van der Waals surface area contributed by atoms with Crippen molar-refractivity contribution in [3.8, 4) is 0 Å². The minimum atomic E-state index is -1.21. The minimum Gasteiger partial charge on any atom is -0.356 e. The molecule has 0 radical (unpaired) electrons. The lowest BCUT2D eigenvalue weighted by Crippen LogP contribution is -2.58. The van der Waals surface area contributed by atoms with Gasteiger partial charge in [-0.3, -0.25) is 33.8 Å². The number of nitrogens with one attached hydrogen (secondary N) is 4. The molecule has 1 aromatic heterocycles. The summed E-state index contributed by atoms with van der Waals surface area (Å²) in [6.07, 6.45) is 16.2. The maximum Gasteiger partial charge on any atom is 0.289 e. The Kier molecular flexibility index (Phi) is 11.6. The van der Waals surface area contributed by atoms with Gasteiger partial charge in [0.15, 0.2) is 0 Å². The molecular weight excluding hydrogens is 624 g/mol. The first-order valence-corrected chi connectivity index (χ1v) is 18.7. The van der Waals surface area contributed by atoms with E-state index in [1.165, 1.54) is 0 Å². The van der Waals surface area contributed by atoms with Crippen LogP contribution in [0.15, 0.2) is 24.5 Å². The van der Waals surface area contributed by atoms with E-state index in [1.54, 1.807) is 17.3 Å². The minimum absolute atomic E-state index is 0.00331. The van der Waals surface area contributed by atoms with Crippen molar-refractivity contribution in [1.82, 2.24) is 31.2 Å². The van der Waals surface area contributed by atoms with Gasteiger partial charge in [0.05, 0.1) is 6.04 Å². The molecule has 4 N–H and O–H groups in total. The predicted molar refractivity (Wildman–Crippen MR) is 181 cm³/mol. The average Bonchev–Trinajstić information content (AvgIpc) is 3.96. The van der Waals surface area contributed by atoms with Crippen LogP contribution in [0.3, 0.4) is 0 Å². The fraction of sp³-hybridized carbons (Fsp3) is 0.703. The maximum atomic E-state index is 14.6. The lowest BCUT2D eigenvalue weighted by Gasteiger charge is -2.33. The molecule has 3 heterocycles. The molecule has 12 heteroatoms. The van der Waals surface area contributed by atoms with E-state index in [-0.39, 0.29) is 54.5 Å². The highest BCUT2D eigenvalue weighted by atomic mass is 16.2. The lowest BCUT2D eigenvalue weighted by molar-refractivity contribution is -0.145. The highest BCUT2D eigenvalue weighted by Gasteiger charge is 2.46. The Morgan fingerprint density at radius 1 is 0.878 bits per heavy atom. The molecule has 266 valence electrons. The summed E-state index contributed by atoms with van der Waals surface area (Å²) in [6.45, 7) is 0.733. The second-order valence-corrected chi connectivity index (χ2v) is 15.0. The van der Waals surface area contributed by atoms with Gasteiger partial charge in [-0.15, -0.1) is 0 Å².